The van der Waals surface area contributed by atoms with Crippen molar-refractivity contribution in [2.45, 2.75) is 6.18 Å². The van der Waals surface area contributed by atoms with Gasteiger partial charge < -0.3 is 0 Å². The summed E-state index contributed by atoms with van der Waals surface area (Å²) in [5, 5.41) is 3.58. The second kappa shape index (κ2) is 5.99. The van der Waals surface area contributed by atoms with E-state index in [2.05, 4.69) is 5.10 Å². The number of rotatable bonds is 1. The molecule has 3 rings (SSSR count). The van der Waals surface area contributed by atoms with Crippen LogP contribution in [-0.2, 0) is 6.18 Å². The summed E-state index contributed by atoms with van der Waals surface area (Å²) in [4.78, 5) is 12.7. The zero-order valence-electron chi connectivity index (χ0n) is 11.5. The number of carbonyl (C=O) groups is 1. The first kappa shape index (κ1) is 17.2. The van der Waals surface area contributed by atoms with Gasteiger partial charge in [0.15, 0.2) is 0 Å². The molecule has 3 aromatic rings. The molecular formula is C15H6ClF4IN2O. The van der Waals surface area contributed by atoms with Crippen molar-refractivity contribution in [3.8, 4) is 0 Å². The van der Waals surface area contributed by atoms with E-state index in [-0.39, 0.29) is 19.6 Å². The number of nitrogens with zero attached hydrogens (tertiary/aromatic N) is 2. The van der Waals surface area contributed by atoms with Gasteiger partial charge in [-0.1, -0.05) is 23.7 Å². The first-order chi connectivity index (χ1) is 11.2. The van der Waals surface area contributed by atoms with E-state index in [0.29, 0.717) is 0 Å². The van der Waals surface area contributed by atoms with Crippen LogP contribution in [0.4, 0.5) is 17.6 Å². The summed E-state index contributed by atoms with van der Waals surface area (Å²) < 4.78 is 54.4. The molecule has 0 aliphatic carbocycles. The Morgan fingerprint density at radius 1 is 1.17 bits per heavy atom. The number of alkyl halides is 3. The molecule has 0 bridgehead atoms. The van der Waals surface area contributed by atoms with Crippen LogP contribution < -0.4 is 0 Å². The standard InChI is InChI=1S/C15H6ClF4IN2O/c16-8-4-1-3-7(15(18,19)20)11(8)14(24)23-10-6-2-5-9(17)12(10)13(21)22-23/h1-6H. The van der Waals surface area contributed by atoms with Crippen molar-refractivity contribution in [1.82, 2.24) is 9.78 Å². The molecule has 0 aliphatic heterocycles. The van der Waals surface area contributed by atoms with Gasteiger partial charge >= 0.3 is 6.18 Å². The van der Waals surface area contributed by atoms with E-state index in [1.807, 2.05) is 0 Å². The second-order valence-corrected chi connectivity index (χ2v) is 6.23. The average Bonchev–Trinajstić information content (AvgIpc) is 2.84. The van der Waals surface area contributed by atoms with Gasteiger partial charge in [0.1, 0.15) is 9.52 Å². The summed E-state index contributed by atoms with van der Waals surface area (Å²) in [6, 6.07) is 6.97. The SMILES string of the molecule is O=C(c1c(Cl)cccc1C(F)(F)F)n1nc(I)c2c(F)cccc21. The molecule has 1 heterocycles. The average molecular weight is 469 g/mol. The highest BCUT2D eigenvalue weighted by Gasteiger charge is 2.37. The molecule has 0 spiro atoms. The van der Waals surface area contributed by atoms with Gasteiger partial charge in [-0.05, 0) is 46.9 Å². The summed E-state index contributed by atoms with van der Waals surface area (Å²) in [5.74, 6) is -1.70. The Balaban J connectivity index is 2.28. The zero-order chi connectivity index (χ0) is 17.6. The Morgan fingerprint density at radius 3 is 2.50 bits per heavy atom. The predicted octanol–water partition coefficient (Wildman–Crippen LogP) is 5.14. The van der Waals surface area contributed by atoms with E-state index in [9.17, 15) is 22.4 Å². The van der Waals surface area contributed by atoms with Gasteiger partial charge in [-0.15, -0.1) is 0 Å². The molecule has 0 amide bonds. The first-order valence-corrected chi connectivity index (χ1v) is 7.90. The van der Waals surface area contributed by atoms with Crippen LogP contribution in [0.1, 0.15) is 15.9 Å². The van der Waals surface area contributed by atoms with Crippen LogP contribution in [0.25, 0.3) is 10.9 Å². The van der Waals surface area contributed by atoms with Gasteiger partial charge in [0.25, 0.3) is 5.91 Å². The fraction of sp³-hybridized carbons (Fsp3) is 0.0667. The molecule has 0 fully saturated rings. The molecule has 0 atom stereocenters. The van der Waals surface area contributed by atoms with Crippen molar-refractivity contribution in [1.29, 1.82) is 0 Å². The lowest BCUT2D eigenvalue weighted by atomic mass is 10.1. The van der Waals surface area contributed by atoms with Gasteiger partial charge in [-0.25, -0.2) is 4.39 Å². The zero-order valence-corrected chi connectivity index (χ0v) is 14.4. The van der Waals surface area contributed by atoms with Crippen molar-refractivity contribution in [2.24, 2.45) is 0 Å². The maximum absolute atomic E-state index is 13.9. The highest BCUT2D eigenvalue weighted by Crippen LogP contribution is 2.36. The van der Waals surface area contributed by atoms with Crippen molar-refractivity contribution in [3.05, 3.63) is 62.1 Å². The van der Waals surface area contributed by atoms with Crippen molar-refractivity contribution in [3.63, 3.8) is 0 Å². The molecular weight excluding hydrogens is 463 g/mol. The maximum atomic E-state index is 13.9. The minimum Gasteiger partial charge on any atom is -0.267 e. The molecule has 1 aromatic heterocycles. The van der Waals surface area contributed by atoms with Crippen LogP contribution in [0.15, 0.2) is 36.4 Å². The number of hydrogen-bond donors (Lipinski definition) is 0. The summed E-state index contributed by atoms with van der Waals surface area (Å²) in [5.41, 5.74) is -1.83. The minimum absolute atomic E-state index is 0.0621. The quantitative estimate of drug-likeness (QED) is 0.366. The molecule has 0 unspecified atom stereocenters. The number of fused-ring (bicyclic) bond motifs is 1. The smallest absolute Gasteiger partial charge is 0.267 e. The number of benzene rings is 2. The van der Waals surface area contributed by atoms with E-state index >= 15 is 0 Å². The van der Waals surface area contributed by atoms with E-state index in [1.165, 1.54) is 24.3 Å². The van der Waals surface area contributed by atoms with Gasteiger partial charge in [0, 0.05) is 0 Å². The van der Waals surface area contributed by atoms with Crippen molar-refractivity contribution in [2.75, 3.05) is 0 Å². The molecule has 0 N–H and O–H groups in total. The summed E-state index contributed by atoms with van der Waals surface area (Å²) in [6.07, 6.45) is -4.77. The highest BCUT2D eigenvalue weighted by molar-refractivity contribution is 14.1. The molecule has 0 aliphatic rings. The minimum atomic E-state index is -4.77. The van der Waals surface area contributed by atoms with Crippen molar-refractivity contribution < 1.29 is 22.4 Å². The predicted molar refractivity (Wildman–Crippen MR) is 88.6 cm³/mol. The number of hydrogen-bond acceptors (Lipinski definition) is 2. The number of carbonyl (C=O) groups excluding carboxylic acids is 1. The number of aromatic nitrogens is 2. The maximum Gasteiger partial charge on any atom is 0.417 e. The lowest BCUT2D eigenvalue weighted by Gasteiger charge is -2.13. The van der Waals surface area contributed by atoms with Gasteiger partial charge in [-0.2, -0.15) is 23.0 Å². The second-order valence-electron chi connectivity index (χ2n) is 4.80. The normalized spacial score (nSPS) is 11.9. The Bertz CT molecular complexity index is 968. The van der Waals surface area contributed by atoms with E-state index in [0.717, 1.165) is 16.8 Å². The number of halogens is 6. The third-order valence-electron chi connectivity index (χ3n) is 3.34. The monoisotopic (exact) mass is 468 g/mol. The van der Waals surface area contributed by atoms with Crippen LogP contribution in [0, 0.1) is 9.52 Å². The summed E-state index contributed by atoms with van der Waals surface area (Å²) >= 11 is 7.54. The van der Waals surface area contributed by atoms with Gasteiger partial charge in [0.05, 0.1) is 27.1 Å². The highest BCUT2D eigenvalue weighted by atomic mass is 127. The molecule has 0 saturated carbocycles. The fourth-order valence-electron chi connectivity index (χ4n) is 2.32. The van der Waals surface area contributed by atoms with Crippen LogP contribution in [0.5, 0.6) is 0 Å². The van der Waals surface area contributed by atoms with Crippen LogP contribution in [-0.4, -0.2) is 15.7 Å². The molecule has 0 saturated heterocycles. The van der Waals surface area contributed by atoms with Crippen LogP contribution in [0.3, 0.4) is 0 Å². The van der Waals surface area contributed by atoms with Crippen LogP contribution in [0.2, 0.25) is 5.02 Å². The Morgan fingerprint density at radius 2 is 1.83 bits per heavy atom. The van der Waals surface area contributed by atoms with Gasteiger partial charge in [0.2, 0.25) is 0 Å². The van der Waals surface area contributed by atoms with E-state index in [1.54, 1.807) is 22.6 Å². The lowest BCUT2D eigenvalue weighted by molar-refractivity contribution is -0.137. The third-order valence-corrected chi connectivity index (χ3v) is 4.41. The van der Waals surface area contributed by atoms with E-state index < -0.39 is 29.0 Å². The fourth-order valence-corrected chi connectivity index (χ4v) is 3.33. The Kier molecular flexibility index (Phi) is 4.28. The molecule has 9 heteroatoms. The molecule has 2 aromatic carbocycles. The topological polar surface area (TPSA) is 34.9 Å². The Hall–Kier alpha value is -1.68. The summed E-state index contributed by atoms with van der Waals surface area (Å²) in [6.45, 7) is 0. The molecule has 124 valence electrons. The lowest BCUT2D eigenvalue weighted by Crippen LogP contribution is -2.20. The van der Waals surface area contributed by atoms with Crippen molar-refractivity contribution >= 4 is 51.0 Å². The molecule has 3 nitrogen and oxygen atoms in total. The Labute approximate surface area is 151 Å². The summed E-state index contributed by atoms with van der Waals surface area (Å²) in [7, 11) is 0. The third kappa shape index (κ3) is 2.77. The van der Waals surface area contributed by atoms with Crippen LogP contribution >= 0.6 is 34.2 Å². The molecule has 0 radical (unpaired) electrons. The van der Waals surface area contributed by atoms with E-state index in [4.69, 9.17) is 11.6 Å². The van der Waals surface area contributed by atoms with Gasteiger partial charge in [-0.3, -0.25) is 4.79 Å². The molecule has 24 heavy (non-hydrogen) atoms. The largest absolute Gasteiger partial charge is 0.417 e. The first-order valence-electron chi connectivity index (χ1n) is 6.45.